The number of nitrogens with zero attached hydrogens (tertiary/aromatic N) is 1. The van der Waals surface area contributed by atoms with Crippen molar-refractivity contribution in [2.75, 3.05) is 13.2 Å². The van der Waals surface area contributed by atoms with Crippen molar-refractivity contribution in [3.8, 4) is 0 Å². The van der Waals surface area contributed by atoms with Crippen molar-refractivity contribution < 1.29 is 23.8 Å². The van der Waals surface area contributed by atoms with Crippen LogP contribution in [0.2, 0.25) is 0 Å². The van der Waals surface area contributed by atoms with Crippen LogP contribution in [0.4, 0.5) is 0 Å². The molecule has 0 bridgehead atoms. The lowest BCUT2D eigenvalue weighted by atomic mass is 9.80. The van der Waals surface area contributed by atoms with Gasteiger partial charge in [0.1, 0.15) is 5.78 Å². The second kappa shape index (κ2) is 17.3. The first kappa shape index (κ1) is 32.8. The maximum Gasteiger partial charge on any atom is 0.233 e. The van der Waals surface area contributed by atoms with Crippen LogP contribution >= 0.6 is 7.37 Å². The molecule has 0 aromatic carbocycles. The van der Waals surface area contributed by atoms with Crippen molar-refractivity contribution in [3.05, 3.63) is 11.9 Å². The molecule has 2 unspecified atom stereocenters. The Kier molecular flexibility index (Phi) is 15.7. The molecule has 6 nitrogen and oxygen atoms in total. The second-order valence-corrected chi connectivity index (χ2v) is 13.9. The molecule has 1 saturated heterocycles. The lowest BCUT2D eigenvalue weighted by molar-refractivity contribution is -0.140. The molecule has 0 aromatic rings. The van der Waals surface area contributed by atoms with E-state index in [2.05, 4.69) is 0 Å². The zero-order valence-corrected chi connectivity index (χ0v) is 24.3. The number of ketones is 1. The Balaban J connectivity index is 1.91. The summed E-state index contributed by atoms with van der Waals surface area (Å²) in [5.74, 6) is 1.29. The van der Waals surface area contributed by atoms with Gasteiger partial charge in [-0.3, -0.25) is 23.8 Å². The molecule has 0 aliphatic carbocycles. The van der Waals surface area contributed by atoms with Gasteiger partial charge in [0.15, 0.2) is 0 Å². The Morgan fingerprint density at radius 2 is 1.36 bits per heavy atom. The van der Waals surface area contributed by atoms with E-state index in [0.717, 1.165) is 25.7 Å². The Labute approximate surface area is 220 Å². The molecule has 2 atom stereocenters. The second-order valence-electron chi connectivity index (χ2n) is 11.8. The summed E-state index contributed by atoms with van der Waals surface area (Å²) in [4.78, 5) is 47.4. The number of hydrogen-bond donors (Lipinski definition) is 1. The van der Waals surface area contributed by atoms with Crippen LogP contribution in [-0.2, 0) is 18.9 Å². The fraction of sp³-hybridized carbons (Fsp3) is 0.828. The van der Waals surface area contributed by atoms with Gasteiger partial charge in [0.05, 0.1) is 5.92 Å². The maximum atomic E-state index is 12.5. The van der Waals surface area contributed by atoms with Crippen molar-refractivity contribution in [1.29, 1.82) is 0 Å². The van der Waals surface area contributed by atoms with Gasteiger partial charge < -0.3 is 4.89 Å². The van der Waals surface area contributed by atoms with Crippen molar-refractivity contribution in [2.45, 2.75) is 130 Å². The summed E-state index contributed by atoms with van der Waals surface area (Å²) < 4.78 is 11.1. The van der Waals surface area contributed by atoms with Gasteiger partial charge in [-0.2, -0.15) is 0 Å². The minimum atomic E-state index is -2.99. The van der Waals surface area contributed by atoms with Crippen LogP contribution < -0.4 is 0 Å². The lowest BCUT2D eigenvalue weighted by Crippen LogP contribution is -2.34. The first-order valence-electron chi connectivity index (χ1n) is 14.3. The molecule has 0 radical (unpaired) electrons. The van der Waals surface area contributed by atoms with Crippen molar-refractivity contribution in [2.24, 2.45) is 11.3 Å². The number of Topliss-reactive ketones (excluding diaryl/α,β-unsaturated/α-hetero) is 1. The summed E-state index contributed by atoms with van der Waals surface area (Å²) in [6.07, 6.45) is 19.1. The number of carbonyl (C=O) groups is 3. The van der Waals surface area contributed by atoms with Crippen molar-refractivity contribution in [3.63, 3.8) is 0 Å². The molecule has 1 rings (SSSR count). The molecule has 1 heterocycles. The average molecular weight is 526 g/mol. The predicted octanol–water partition coefficient (Wildman–Crippen LogP) is 7.63. The summed E-state index contributed by atoms with van der Waals surface area (Å²) in [6.45, 7) is 7.72. The molecule has 0 saturated carbocycles. The van der Waals surface area contributed by atoms with Crippen molar-refractivity contribution in [1.82, 2.24) is 4.90 Å². The van der Waals surface area contributed by atoms with Gasteiger partial charge in [0.25, 0.3) is 0 Å². The molecule has 1 aliphatic rings. The van der Waals surface area contributed by atoms with Gasteiger partial charge in [0, 0.05) is 32.5 Å². The lowest BCUT2D eigenvalue weighted by Gasteiger charge is -2.24. The van der Waals surface area contributed by atoms with Gasteiger partial charge in [-0.1, -0.05) is 91.1 Å². The SMILES string of the molecule is CC(C)(C)C1CC(=O)N(CCCC(=O)CCCCCCCCCCCCCC/C=C/P(C)(=O)O)C1=O. The predicted molar refractivity (Wildman–Crippen MR) is 148 cm³/mol. The number of rotatable bonds is 20. The summed E-state index contributed by atoms with van der Waals surface area (Å²) in [7, 11) is -2.99. The van der Waals surface area contributed by atoms with E-state index in [1.54, 1.807) is 0 Å². The topological polar surface area (TPSA) is 91.8 Å². The number of amides is 2. The molecule has 1 N–H and O–H groups in total. The minimum absolute atomic E-state index is 0.0706. The van der Waals surface area contributed by atoms with E-state index in [9.17, 15) is 23.8 Å². The number of hydrogen-bond acceptors (Lipinski definition) is 4. The third-order valence-corrected chi connectivity index (χ3v) is 7.85. The fourth-order valence-corrected chi connectivity index (χ4v) is 5.32. The van der Waals surface area contributed by atoms with Crippen LogP contribution in [0.5, 0.6) is 0 Å². The molecule has 7 heteroatoms. The largest absolute Gasteiger partial charge is 0.342 e. The Bertz CT molecular complexity index is 749. The molecule has 1 aliphatic heterocycles. The highest BCUT2D eigenvalue weighted by Crippen LogP contribution is 2.37. The number of carbonyl (C=O) groups excluding carboxylic acids is 3. The van der Waals surface area contributed by atoms with Crippen LogP contribution in [0, 0.1) is 11.3 Å². The smallest absolute Gasteiger partial charge is 0.233 e. The summed E-state index contributed by atoms with van der Waals surface area (Å²) >= 11 is 0. The van der Waals surface area contributed by atoms with Crippen molar-refractivity contribution >= 4 is 25.0 Å². The van der Waals surface area contributed by atoms with Gasteiger partial charge in [-0.25, -0.2) is 0 Å². The molecule has 36 heavy (non-hydrogen) atoms. The Hall–Kier alpha value is -1.26. The fourth-order valence-electron chi connectivity index (χ4n) is 4.78. The van der Waals surface area contributed by atoms with E-state index in [1.165, 1.54) is 75.2 Å². The van der Waals surface area contributed by atoms with E-state index in [-0.39, 0.29) is 28.9 Å². The van der Waals surface area contributed by atoms with E-state index in [4.69, 9.17) is 0 Å². The van der Waals surface area contributed by atoms with Crippen LogP contribution in [-0.4, -0.2) is 40.6 Å². The van der Waals surface area contributed by atoms with Crippen LogP contribution in [0.3, 0.4) is 0 Å². The maximum absolute atomic E-state index is 12.5. The zero-order chi connectivity index (χ0) is 27.0. The third-order valence-electron chi connectivity index (χ3n) is 7.09. The average Bonchev–Trinajstić information content (AvgIpc) is 3.06. The molecular formula is C29H52NO5P. The van der Waals surface area contributed by atoms with Crippen LogP contribution in [0.1, 0.15) is 130 Å². The van der Waals surface area contributed by atoms with E-state index in [1.807, 2.05) is 26.8 Å². The minimum Gasteiger partial charge on any atom is -0.342 e. The number of unbranched alkanes of at least 4 members (excludes halogenated alkanes) is 12. The van der Waals surface area contributed by atoms with E-state index < -0.39 is 7.37 Å². The van der Waals surface area contributed by atoms with E-state index >= 15 is 0 Å². The van der Waals surface area contributed by atoms with Crippen LogP contribution in [0.15, 0.2) is 11.9 Å². The highest BCUT2D eigenvalue weighted by molar-refractivity contribution is 7.60. The standard InChI is InChI=1S/C29H52NO5P/c1-29(2,3)26-24-27(32)30(28(26)33)22-19-21-25(31)20-17-15-13-11-9-7-5-6-8-10-12-14-16-18-23-36(4,34)35/h18,23,26H,5-17,19-22,24H2,1-4H3,(H,34,35)/b23-18+. The normalized spacial score (nSPS) is 18.4. The molecule has 2 amide bonds. The van der Waals surface area contributed by atoms with E-state index in [0.29, 0.717) is 32.2 Å². The summed E-state index contributed by atoms with van der Waals surface area (Å²) in [5, 5.41) is 0. The molecule has 1 fully saturated rings. The van der Waals surface area contributed by atoms with Crippen LogP contribution in [0.25, 0.3) is 0 Å². The van der Waals surface area contributed by atoms with Gasteiger partial charge in [-0.05, 0) is 36.9 Å². The monoisotopic (exact) mass is 525 g/mol. The summed E-state index contributed by atoms with van der Waals surface area (Å²) in [6, 6.07) is 0. The Morgan fingerprint density at radius 3 is 1.83 bits per heavy atom. The van der Waals surface area contributed by atoms with Gasteiger partial charge in [-0.15, -0.1) is 0 Å². The van der Waals surface area contributed by atoms with Gasteiger partial charge >= 0.3 is 0 Å². The van der Waals surface area contributed by atoms with Gasteiger partial charge in [0.2, 0.25) is 19.2 Å². The number of likely N-dealkylation sites (tertiary alicyclic amines) is 1. The molecule has 208 valence electrons. The first-order chi connectivity index (χ1) is 16.9. The quantitative estimate of drug-likeness (QED) is 0.100. The molecular weight excluding hydrogens is 473 g/mol. The highest BCUT2D eigenvalue weighted by atomic mass is 31.2. The first-order valence-corrected chi connectivity index (χ1v) is 16.4. The zero-order valence-electron chi connectivity index (χ0n) is 23.4. The summed E-state index contributed by atoms with van der Waals surface area (Å²) in [5.41, 5.74) is -0.206. The molecule has 0 aromatic heterocycles. The number of imide groups is 1. The third kappa shape index (κ3) is 15.1. The highest BCUT2D eigenvalue weighted by Gasteiger charge is 2.44. The number of allylic oxidation sites excluding steroid dienone is 1. The molecule has 0 spiro atoms. The Morgan fingerprint density at radius 1 is 0.889 bits per heavy atom.